The second kappa shape index (κ2) is 9.22. The first-order valence-electron chi connectivity index (χ1n) is 8.24. The summed E-state index contributed by atoms with van der Waals surface area (Å²) in [5.41, 5.74) is 2.45. The number of carbonyl (C=O) groups is 2. The van der Waals surface area contributed by atoms with Crippen LogP contribution in [0.4, 0.5) is 0 Å². The van der Waals surface area contributed by atoms with Crippen LogP contribution in [0.5, 0.6) is 0 Å². The molecule has 0 saturated heterocycles. The molecule has 0 saturated carbocycles. The Morgan fingerprint density at radius 3 is 2.72 bits per heavy atom. The van der Waals surface area contributed by atoms with Crippen molar-refractivity contribution in [1.29, 1.82) is 0 Å². The Morgan fingerprint density at radius 1 is 1.36 bits per heavy atom. The number of nitrogens with zero attached hydrogens (tertiary/aromatic N) is 2. The summed E-state index contributed by atoms with van der Waals surface area (Å²) in [4.78, 5) is 30.3. The number of amides is 2. The van der Waals surface area contributed by atoms with E-state index in [2.05, 4.69) is 16.9 Å². The molecule has 0 aliphatic carbocycles. The maximum atomic E-state index is 12.6. The highest BCUT2D eigenvalue weighted by Gasteiger charge is 2.29. The van der Waals surface area contributed by atoms with Gasteiger partial charge in [-0.05, 0) is 25.0 Å². The summed E-state index contributed by atoms with van der Waals surface area (Å²) >= 11 is 1.27. The summed E-state index contributed by atoms with van der Waals surface area (Å²) in [6.45, 7) is 8.73. The van der Waals surface area contributed by atoms with Crippen molar-refractivity contribution in [2.24, 2.45) is 4.99 Å². The van der Waals surface area contributed by atoms with E-state index < -0.39 is 0 Å². The number of benzene rings is 1. The van der Waals surface area contributed by atoms with E-state index in [1.807, 2.05) is 38.1 Å². The number of thioether (sulfide) groups is 1. The Balaban J connectivity index is 2.14. The zero-order valence-electron chi connectivity index (χ0n) is 14.6. The van der Waals surface area contributed by atoms with Crippen molar-refractivity contribution < 1.29 is 9.59 Å². The Hall–Kier alpha value is -2.34. The molecule has 0 bridgehead atoms. The van der Waals surface area contributed by atoms with Crippen molar-refractivity contribution in [3.8, 4) is 0 Å². The third kappa shape index (κ3) is 5.32. The molecule has 1 aromatic rings. The number of amidine groups is 1. The molecule has 0 spiro atoms. The number of carbonyl (C=O) groups excluding carboxylic acids is 2. The largest absolute Gasteiger partial charge is 0.355 e. The molecule has 25 heavy (non-hydrogen) atoms. The molecule has 1 aromatic carbocycles. The van der Waals surface area contributed by atoms with Crippen LogP contribution in [0.15, 0.2) is 47.6 Å². The topological polar surface area (TPSA) is 61.8 Å². The standard InChI is InChI=1S/C19H23N3O2S/c1-4-10-20-17(23)13-25-19-21-16(18(24)22(19)11-5-2)12-15-8-6-14(3)7-9-15/h5-9,12H,2,4,10-11,13H2,1,3H3,(H,20,23)/b16-12-. The molecule has 0 unspecified atom stereocenters. The Morgan fingerprint density at radius 2 is 2.08 bits per heavy atom. The van der Waals surface area contributed by atoms with Gasteiger partial charge in [-0.2, -0.15) is 0 Å². The minimum absolute atomic E-state index is 0.0588. The fourth-order valence-corrected chi connectivity index (χ4v) is 3.04. The summed E-state index contributed by atoms with van der Waals surface area (Å²) in [5.74, 6) is 0.00542. The summed E-state index contributed by atoms with van der Waals surface area (Å²) in [6.07, 6.45) is 4.31. The predicted molar refractivity (Wildman–Crippen MR) is 104 cm³/mol. The second-order valence-electron chi connectivity index (χ2n) is 5.68. The molecule has 1 aliphatic heterocycles. The van der Waals surface area contributed by atoms with Crippen LogP contribution in [-0.4, -0.2) is 40.7 Å². The van der Waals surface area contributed by atoms with Gasteiger partial charge in [-0.25, -0.2) is 4.99 Å². The van der Waals surface area contributed by atoms with Gasteiger partial charge >= 0.3 is 0 Å². The van der Waals surface area contributed by atoms with Gasteiger partial charge in [-0.1, -0.05) is 54.6 Å². The maximum absolute atomic E-state index is 12.6. The number of hydrogen-bond donors (Lipinski definition) is 1. The number of nitrogens with one attached hydrogen (secondary N) is 1. The first-order chi connectivity index (χ1) is 12.0. The van der Waals surface area contributed by atoms with E-state index >= 15 is 0 Å². The van der Waals surface area contributed by atoms with Crippen LogP contribution in [0, 0.1) is 6.92 Å². The van der Waals surface area contributed by atoms with E-state index in [9.17, 15) is 9.59 Å². The molecular formula is C19H23N3O2S. The Bertz CT molecular complexity index is 708. The third-order valence-electron chi connectivity index (χ3n) is 3.51. The number of rotatable bonds is 7. The fourth-order valence-electron chi connectivity index (χ4n) is 2.20. The molecule has 1 N–H and O–H groups in total. The number of aryl methyl sites for hydroxylation is 1. The van der Waals surface area contributed by atoms with Crippen molar-refractivity contribution >= 4 is 34.8 Å². The number of hydrogen-bond acceptors (Lipinski definition) is 4. The zero-order chi connectivity index (χ0) is 18.2. The van der Waals surface area contributed by atoms with Crippen molar-refractivity contribution in [2.75, 3.05) is 18.8 Å². The number of aliphatic imine (C=N–C) groups is 1. The van der Waals surface area contributed by atoms with Crippen molar-refractivity contribution in [1.82, 2.24) is 10.2 Å². The minimum Gasteiger partial charge on any atom is -0.355 e. The van der Waals surface area contributed by atoms with E-state index in [0.717, 1.165) is 17.5 Å². The lowest BCUT2D eigenvalue weighted by molar-refractivity contribution is -0.122. The molecule has 1 aliphatic rings. The highest BCUT2D eigenvalue weighted by molar-refractivity contribution is 8.14. The lowest BCUT2D eigenvalue weighted by Crippen LogP contribution is -2.32. The summed E-state index contributed by atoms with van der Waals surface area (Å²) in [6, 6.07) is 7.88. The van der Waals surface area contributed by atoms with Gasteiger partial charge in [0.15, 0.2) is 5.17 Å². The Labute approximate surface area is 152 Å². The van der Waals surface area contributed by atoms with Crippen LogP contribution < -0.4 is 5.32 Å². The van der Waals surface area contributed by atoms with Gasteiger partial charge in [0.1, 0.15) is 5.70 Å². The molecule has 1 heterocycles. The highest BCUT2D eigenvalue weighted by atomic mass is 32.2. The van der Waals surface area contributed by atoms with Gasteiger partial charge in [0.2, 0.25) is 5.91 Å². The lowest BCUT2D eigenvalue weighted by Gasteiger charge is -2.15. The van der Waals surface area contributed by atoms with Crippen LogP contribution >= 0.6 is 11.8 Å². The van der Waals surface area contributed by atoms with Gasteiger partial charge in [-0.3, -0.25) is 14.5 Å². The van der Waals surface area contributed by atoms with E-state index in [1.165, 1.54) is 11.8 Å². The zero-order valence-corrected chi connectivity index (χ0v) is 15.4. The van der Waals surface area contributed by atoms with Gasteiger partial charge in [0, 0.05) is 13.1 Å². The molecule has 0 fully saturated rings. The van der Waals surface area contributed by atoms with Crippen molar-refractivity contribution in [3.05, 3.63) is 53.7 Å². The molecule has 0 atom stereocenters. The van der Waals surface area contributed by atoms with E-state index in [1.54, 1.807) is 17.1 Å². The van der Waals surface area contributed by atoms with Gasteiger partial charge in [-0.15, -0.1) is 6.58 Å². The van der Waals surface area contributed by atoms with E-state index in [0.29, 0.717) is 24.0 Å². The van der Waals surface area contributed by atoms with Crippen LogP contribution in [0.2, 0.25) is 0 Å². The molecule has 2 rings (SSSR count). The van der Waals surface area contributed by atoms with Gasteiger partial charge < -0.3 is 5.32 Å². The second-order valence-corrected chi connectivity index (χ2v) is 6.62. The van der Waals surface area contributed by atoms with Crippen molar-refractivity contribution in [3.63, 3.8) is 0 Å². The summed E-state index contributed by atoms with van der Waals surface area (Å²) in [5, 5.41) is 3.35. The first-order valence-corrected chi connectivity index (χ1v) is 9.23. The monoisotopic (exact) mass is 357 g/mol. The van der Waals surface area contributed by atoms with Gasteiger partial charge in [0.05, 0.1) is 5.75 Å². The molecule has 0 radical (unpaired) electrons. The molecular weight excluding hydrogens is 334 g/mol. The normalized spacial score (nSPS) is 15.4. The summed E-state index contributed by atoms with van der Waals surface area (Å²) in [7, 11) is 0. The molecule has 132 valence electrons. The van der Waals surface area contributed by atoms with E-state index in [-0.39, 0.29) is 17.6 Å². The van der Waals surface area contributed by atoms with E-state index in [4.69, 9.17) is 0 Å². The minimum atomic E-state index is -0.169. The fraction of sp³-hybridized carbons (Fsp3) is 0.316. The maximum Gasteiger partial charge on any atom is 0.278 e. The van der Waals surface area contributed by atoms with Crippen molar-refractivity contribution in [2.45, 2.75) is 20.3 Å². The third-order valence-corrected chi connectivity index (χ3v) is 4.48. The first kappa shape index (κ1) is 19.0. The lowest BCUT2D eigenvalue weighted by atomic mass is 10.1. The SMILES string of the molecule is C=CCN1C(=O)/C(=C/c2ccc(C)cc2)N=C1SCC(=O)NCCC. The smallest absolute Gasteiger partial charge is 0.278 e. The summed E-state index contributed by atoms with van der Waals surface area (Å²) < 4.78 is 0. The van der Waals surface area contributed by atoms with Crippen LogP contribution in [-0.2, 0) is 9.59 Å². The molecule has 6 heteroatoms. The average Bonchev–Trinajstić information content (AvgIpc) is 2.89. The van der Waals surface area contributed by atoms with Gasteiger partial charge in [0.25, 0.3) is 5.91 Å². The molecule has 0 aromatic heterocycles. The van der Waals surface area contributed by atoms with Crippen LogP contribution in [0.1, 0.15) is 24.5 Å². The predicted octanol–water partition coefficient (Wildman–Crippen LogP) is 2.98. The Kier molecular flexibility index (Phi) is 7.01. The van der Waals surface area contributed by atoms with Crippen LogP contribution in [0.3, 0.4) is 0 Å². The average molecular weight is 357 g/mol. The van der Waals surface area contributed by atoms with Crippen LogP contribution in [0.25, 0.3) is 6.08 Å². The molecule has 5 nitrogen and oxygen atoms in total. The highest BCUT2D eigenvalue weighted by Crippen LogP contribution is 2.24. The quantitative estimate of drug-likeness (QED) is 0.603. The molecule has 2 amide bonds.